The second kappa shape index (κ2) is 10.1. The zero-order valence-corrected chi connectivity index (χ0v) is 19.9. The van der Waals surface area contributed by atoms with Gasteiger partial charge in [-0.15, -0.1) is 0 Å². The van der Waals surface area contributed by atoms with E-state index in [1.54, 1.807) is 18.2 Å². The molecule has 0 saturated carbocycles. The molecule has 32 heavy (non-hydrogen) atoms. The van der Waals surface area contributed by atoms with Gasteiger partial charge in [-0.3, -0.25) is 10.1 Å². The van der Waals surface area contributed by atoms with E-state index in [9.17, 15) is 14.9 Å². The van der Waals surface area contributed by atoms with Gasteiger partial charge in [-0.25, -0.2) is 9.79 Å². The quantitative estimate of drug-likeness (QED) is 0.188. The third kappa shape index (κ3) is 5.46. The molecule has 10 heteroatoms. The number of halogens is 2. The van der Waals surface area contributed by atoms with Crippen molar-refractivity contribution < 1.29 is 23.9 Å². The van der Waals surface area contributed by atoms with Gasteiger partial charge in [-0.1, -0.05) is 25.4 Å². The average Bonchev–Trinajstić information content (AvgIpc) is 3.07. The summed E-state index contributed by atoms with van der Waals surface area (Å²) < 4.78 is 17.5. The summed E-state index contributed by atoms with van der Waals surface area (Å²) in [5.74, 6) is 0.762. The number of ether oxygens (including phenoxy) is 3. The summed E-state index contributed by atoms with van der Waals surface area (Å²) in [7, 11) is 0. The molecule has 1 heterocycles. The number of esters is 1. The molecule has 0 unspecified atom stereocenters. The molecule has 0 aliphatic carbocycles. The SMILES string of the molecule is CCOc1cc(/C=C2\N=C(c3ccc([N+](=O)[O-])cc3Cl)OC2=O)cc(Br)c1OCC(C)C. The summed E-state index contributed by atoms with van der Waals surface area (Å²) in [6.07, 6.45) is 1.55. The van der Waals surface area contributed by atoms with Gasteiger partial charge in [0, 0.05) is 12.1 Å². The molecule has 0 amide bonds. The number of hydrogen-bond donors (Lipinski definition) is 0. The predicted molar refractivity (Wildman–Crippen MR) is 124 cm³/mol. The fourth-order valence-electron chi connectivity index (χ4n) is 2.80. The molecular formula is C22H20BrClN2O6. The van der Waals surface area contributed by atoms with Crippen molar-refractivity contribution in [3.05, 3.63) is 66.8 Å². The maximum absolute atomic E-state index is 12.4. The molecule has 2 aromatic rings. The highest BCUT2D eigenvalue weighted by Crippen LogP contribution is 2.38. The van der Waals surface area contributed by atoms with Crippen LogP contribution in [0.1, 0.15) is 31.9 Å². The van der Waals surface area contributed by atoms with Crippen molar-refractivity contribution in [1.82, 2.24) is 0 Å². The first-order chi connectivity index (χ1) is 15.2. The minimum absolute atomic E-state index is 0.0258. The number of aliphatic imine (C=N–C) groups is 1. The van der Waals surface area contributed by atoms with Crippen LogP contribution < -0.4 is 9.47 Å². The second-order valence-electron chi connectivity index (χ2n) is 7.23. The third-order valence-corrected chi connectivity index (χ3v) is 5.11. The van der Waals surface area contributed by atoms with Gasteiger partial charge >= 0.3 is 5.97 Å². The van der Waals surface area contributed by atoms with Gasteiger partial charge in [0.25, 0.3) is 5.69 Å². The van der Waals surface area contributed by atoms with Crippen LogP contribution in [0.15, 0.2) is 45.5 Å². The number of benzene rings is 2. The average molecular weight is 524 g/mol. The van der Waals surface area contributed by atoms with Crippen molar-refractivity contribution in [3.63, 3.8) is 0 Å². The fourth-order valence-corrected chi connectivity index (χ4v) is 3.63. The van der Waals surface area contributed by atoms with Crippen LogP contribution in [0.2, 0.25) is 5.02 Å². The number of cyclic esters (lactones) is 1. The normalized spacial score (nSPS) is 14.5. The number of rotatable bonds is 8. The first-order valence-corrected chi connectivity index (χ1v) is 10.9. The van der Waals surface area contributed by atoms with Gasteiger partial charge in [0.1, 0.15) is 0 Å². The fraction of sp³-hybridized carbons (Fsp3) is 0.273. The molecule has 1 aliphatic rings. The molecule has 3 rings (SSSR count). The second-order valence-corrected chi connectivity index (χ2v) is 8.49. The smallest absolute Gasteiger partial charge is 0.363 e. The molecule has 0 fully saturated rings. The summed E-state index contributed by atoms with van der Waals surface area (Å²) in [4.78, 5) is 26.9. The molecule has 8 nitrogen and oxygen atoms in total. The number of nitro benzene ring substituents is 1. The molecule has 0 radical (unpaired) electrons. The van der Waals surface area contributed by atoms with Crippen molar-refractivity contribution in [1.29, 1.82) is 0 Å². The van der Waals surface area contributed by atoms with Gasteiger partial charge in [-0.2, -0.15) is 0 Å². The Hall–Kier alpha value is -2.91. The topological polar surface area (TPSA) is 100 Å². The minimum Gasteiger partial charge on any atom is -0.490 e. The van der Waals surface area contributed by atoms with E-state index < -0.39 is 10.9 Å². The van der Waals surface area contributed by atoms with Crippen LogP contribution in [0, 0.1) is 16.0 Å². The predicted octanol–water partition coefficient (Wildman–Crippen LogP) is 5.79. The van der Waals surface area contributed by atoms with Crippen LogP contribution in [-0.4, -0.2) is 30.0 Å². The lowest BCUT2D eigenvalue weighted by atomic mass is 10.1. The van der Waals surface area contributed by atoms with E-state index in [1.807, 2.05) is 20.8 Å². The van der Waals surface area contributed by atoms with Gasteiger partial charge in [0.2, 0.25) is 5.90 Å². The van der Waals surface area contributed by atoms with Crippen LogP contribution in [-0.2, 0) is 9.53 Å². The molecular weight excluding hydrogens is 504 g/mol. The zero-order valence-electron chi connectivity index (χ0n) is 17.6. The lowest BCUT2D eigenvalue weighted by molar-refractivity contribution is -0.384. The van der Waals surface area contributed by atoms with E-state index in [1.165, 1.54) is 18.2 Å². The number of nitrogens with zero attached hydrogens (tertiary/aromatic N) is 2. The summed E-state index contributed by atoms with van der Waals surface area (Å²) >= 11 is 9.62. The third-order valence-electron chi connectivity index (χ3n) is 4.21. The van der Waals surface area contributed by atoms with E-state index >= 15 is 0 Å². The summed E-state index contributed by atoms with van der Waals surface area (Å²) in [5, 5.41) is 10.9. The Balaban J connectivity index is 1.94. The monoisotopic (exact) mass is 522 g/mol. The van der Waals surface area contributed by atoms with Crippen LogP contribution in [0.5, 0.6) is 11.5 Å². The Bertz CT molecular complexity index is 1130. The van der Waals surface area contributed by atoms with Crippen molar-refractivity contribution in [2.75, 3.05) is 13.2 Å². The van der Waals surface area contributed by atoms with Crippen LogP contribution >= 0.6 is 27.5 Å². The van der Waals surface area contributed by atoms with Crippen LogP contribution in [0.25, 0.3) is 6.08 Å². The molecule has 0 saturated heterocycles. The van der Waals surface area contributed by atoms with E-state index in [-0.39, 0.29) is 27.9 Å². The van der Waals surface area contributed by atoms with Crippen LogP contribution in [0.4, 0.5) is 5.69 Å². The summed E-state index contributed by atoms with van der Waals surface area (Å²) in [5.41, 5.74) is 0.804. The lowest BCUT2D eigenvalue weighted by Gasteiger charge is -2.16. The number of carbonyl (C=O) groups excluding carboxylic acids is 1. The lowest BCUT2D eigenvalue weighted by Crippen LogP contribution is -2.07. The first-order valence-electron chi connectivity index (χ1n) is 9.75. The Labute approximate surface area is 198 Å². The van der Waals surface area contributed by atoms with Crippen molar-refractivity contribution in [2.45, 2.75) is 20.8 Å². The van der Waals surface area contributed by atoms with Gasteiger partial charge in [-0.05, 0) is 58.6 Å². The Morgan fingerprint density at radius 3 is 2.66 bits per heavy atom. The summed E-state index contributed by atoms with van der Waals surface area (Å²) in [6, 6.07) is 7.36. The highest BCUT2D eigenvalue weighted by atomic mass is 79.9. The molecule has 0 atom stereocenters. The summed E-state index contributed by atoms with van der Waals surface area (Å²) in [6.45, 7) is 6.92. The molecule has 0 spiro atoms. The zero-order chi connectivity index (χ0) is 23.4. The number of hydrogen-bond acceptors (Lipinski definition) is 7. The molecule has 0 aromatic heterocycles. The molecule has 0 bridgehead atoms. The highest BCUT2D eigenvalue weighted by molar-refractivity contribution is 9.10. The first kappa shape index (κ1) is 23.7. The Morgan fingerprint density at radius 2 is 2.03 bits per heavy atom. The van der Waals surface area contributed by atoms with Crippen LogP contribution in [0.3, 0.4) is 0 Å². The van der Waals surface area contributed by atoms with Gasteiger partial charge in [0.15, 0.2) is 17.2 Å². The maximum atomic E-state index is 12.4. The molecule has 2 aromatic carbocycles. The minimum atomic E-state index is -0.663. The van der Waals surface area contributed by atoms with E-state index in [4.69, 9.17) is 25.8 Å². The van der Waals surface area contributed by atoms with E-state index in [0.29, 0.717) is 40.7 Å². The van der Waals surface area contributed by atoms with E-state index in [2.05, 4.69) is 20.9 Å². The number of carbonyl (C=O) groups is 1. The Kier molecular flexibility index (Phi) is 7.52. The van der Waals surface area contributed by atoms with Crippen molar-refractivity contribution in [3.8, 4) is 11.5 Å². The molecule has 168 valence electrons. The maximum Gasteiger partial charge on any atom is 0.363 e. The van der Waals surface area contributed by atoms with Crippen molar-refractivity contribution in [2.24, 2.45) is 10.9 Å². The van der Waals surface area contributed by atoms with Gasteiger partial charge in [0.05, 0.1) is 33.2 Å². The highest BCUT2D eigenvalue weighted by Gasteiger charge is 2.27. The Morgan fingerprint density at radius 1 is 1.28 bits per heavy atom. The molecule has 0 N–H and O–H groups in total. The molecule has 1 aliphatic heterocycles. The van der Waals surface area contributed by atoms with E-state index in [0.717, 1.165) is 0 Å². The van der Waals surface area contributed by atoms with Crippen molar-refractivity contribution >= 4 is 51.2 Å². The largest absolute Gasteiger partial charge is 0.490 e. The standard InChI is InChI=1S/C22H20BrClN2O6/c1-4-30-19-9-13(7-16(23)20(19)31-11-12(2)3)8-18-22(27)32-21(25-18)15-6-5-14(26(28)29)10-17(15)24/h5-10,12H,4,11H2,1-3H3/b18-8-. The number of nitro groups is 1. The van der Waals surface area contributed by atoms with Gasteiger partial charge < -0.3 is 14.2 Å². The number of non-ortho nitro benzene ring substituents is 1.